The number of nitrogen functional groups attached to an aromatic ring is 1. The fraction of sp³-hybridized carbons (Fsp3) is 0.333. The first-order chi connectivity index (χ1) is 8.26. The maximum atomic E-state index is 5.84. The Kier molecular flexibility index (Phi) is 3.27. The largest absolute Gasteiger partial charge is 0.399 e. The van der Waals surface area contributed by atoms with Crippen molar-refractivity contribution in [3.63, 3.8) is 0 Å². The van der Waals surface area contributed by atoms with E-state index in [-0.39, 0.29) is 0 Å². The quantitative estimate of drug-likeness (QED) is 0.813. The monoisotopic (exact) mass is 231 g/mol. The van der Waals surface area contributed by atoms with E-state index in [4.69, 9.17) is 5.73 Å². The van der Waals surface area contributed by atoms with Gasteiger partial charge in [-0.1, -0.05) is 0 Å². The van der Waals surface area contributed by atoms with Crippen LogP contribution in [0, 0.1) is 0 Å². The van der Waals surface area contributed by atoms with Crippen LogP contribution in [0.15, 0.2) is 30.9 Å². The summed E-state index contributed by atoms with van der Waals surface area (Å²) in [5, 5.41) is 7.67. The Bertz CT molecular complexity index is 474. The zero-order valence-electron chi connectivity index (χ0n) is 10.2. The highest BCUT2D eigenvalue weighted by Gasteiger charge is 2.10. The fourth-order valence-electron chi connectivity index (χ4n) is 1.90. The maximum Gasteiger partial charge on any atom is 0.123 e. The fourth-order valence-corrected chi connectivity index (χ4v) is 1.90. The van der Waals surface area contributed by atoms with E-state index in [9.17, 15) is 0 Å². The number of aromatic nitrogens is 3. The molecule has 1 aromatic heterocycles. The molecule has 0 aliphatic rings. The van der Waals surface area contributed by atoms with Crippen LogP contribution in [0.4, 0.5) is 11.4 Å². The number of hydrogen-bond acceptors (Lipinski definition) is 4. The van der Waals surface area contributed by atoms with Crippen molar-refractivity contribution < 1.29 is 0 Å². The standard InChI is InChI=1S/C12H17N5/c1-3-16(4-2)11-6-5-10(13)7-12(11)17-8-14-15-9-17/h5-9H,3-4,13H2,1-2H3. The molecule has 0 amide bonds. The number of hydrogen-bond donors (Lipinski definition) is 1. The summed E-state index contributed by atoms with van der Waals surface area (Å²) in [5.74, 6) is 0. The second kappa shape index (κ2) is 4.86. The third-order valence-electron chi connectivity index (χ3n) is 2.80. The van der Waals surface area contributed by atoms with Crippen LogP contribution in [-0.4, -0.2) is 27.9 Å². The molecule has 2 aromatic rings. The van der Waals surface area contributed by atoms with E-state index in [0.717, 1.165) is 30.2 Å². The lowest BCUT2D eigenvalue weighted by atomic mass is 10.2. The summed E-state index contributed by atoms with van der Waals surface area (Å²) in [4.78, 5) is 2.27. The number of nitrogens with zero attached hydrogens (tertiary/aromatic N) is 4. The van der Waals surface area contributed by atoms with Gasteiger partial charge in [0.2, 0.25) is 0 Å². The van der Waals surface area contributed by atoms with Gasteiger partial charge in [-0.15, -0.1) is 10.2 Å². The van der Waals surface area contributed by atoms with Crippen LogP contribution in [0.1, 0.15) is 13.8 Å². The van der Waals surface area contributed by atoms with Gasteiger partial charge in [0, 0.05) is 18.8 Å². The molecule has 90 valence electrons. The van der Waals surface area contributed by atoms with Crippen LogP contribution in [0.2, 0.25) is 0 Å². The molecule has 1 heterocycles. The van der Waals surface area contributed by atoms with Gasteiger partial charge in [0.15, 0.2) is 0 Å². The number of rotatable bonds is 4. The molecule has 0 aliphatic heterocycles. The molecule has 2 N–H and O–H groups in total. The van der Waals surface area contributed by atoms with Crippen molar-refractivity contribution in [1.82, 2.24) is 14.8 Å². The van der Waals surface area contributed by atoms with Crippen LogP contribution in [0.25, 0.3) is 5.69 Å². The molecule has 1 aromatic carbocycles. The Balaban J connectivity index is 2.52. The molecule has 0 radical (unpaired) electrons. The van der Waals surface area contributed by atoms with E-state index in [0.29, 0.717) is 0 Å². The minimum atomic E-state index is 0.740. The molecule has 5 heteroatoms. The van der Waals surface area contributed by atoms with Crippen molar-refractivity contribution in [2.24, 2.45) is 0 Å². The first-order valence-corrected chi connectivity index (χ1v) is 5.75. The van der Waals surface area contributed by atoms with Crippen LogP contribution in [0.5, 0.6) is 0 Å². The van der Waals surface area contributed by atoms with E-state index < -0.39 is 0 Å². The maximum absolute atomic E-state index is 5.84. The summed E-state index contributed by atoms with van der Waals surface area (Å²) in [6, 6.07) is 5.90. The topological polar surface area (TPSA) is 60.0 Å². The second-order valence-electron chi connectivity index (χ2n) is 3.79. The Morgan fingerprint density at radius 1 is 1.18 bits per heavy atom. The molecule has 0 bridgehead atoms. The first-order valence-electron chi connectivity index (χ1n) is 5.75. The summed E-state index contributed by atoms with van der Waals surface area (Å²) in [6.07, 6.45) is 3.36. The molecule has 2 rings (SSSR count). The molecule has 0 spiro atoms. The molecule has 0 atom stereocenters. The molecule has 17 heavy (non-hydrogen) atoms. The van der Waals surface area contributed by atoms with Crippen LogP contribution in [-0.2, 0) is 0 Å². The number of nitrogens with two attached hydrogens (primary N) is 1. The zero-order valence-corrected chi connectivity index (χ0v) is 10.2. The van der Waals surface area contributed by atoms with Gasteiger partial charge in [0.1, 0.15) is 12.7 Å². The molecular weight excluding hydrogens is 214 g/mol. The van der Waals surface area contributed by atoms with Gasteiger partial charge in [0.05, 0.1) is 11.4 Å². The van der Waals surface area contributed by atoms with Crippen LogP contribution >= 0.6 is 0 Å². The third kappa shape index (κ3) is 2.22. The molecule has 0 fully saturated rings. The van der Waals surface area contributed by atoms with E-state index >= 15 is 0 Å². The van der Waals surface area contributed by atoms with Gasteiger partial charge in [0.25, 0.3) is 0 Å². The van der Waals surface area contributed by atoms with Crippen molar-refractivity contribution in [2.45, 2.75) is 13.8 Å². The molecule has 5 nitrogen and oxygen atoms in total. The minimum absolute atomic E-state index is 0.740. The van der Waals surface area contributed by atoms with Crippen molar-refractivity contribution in [2.75, 3.05) is 23.7 Å². The van der Waals surface area contributed by atoms with Gasteiger partial charge in [-0.2, -0.15) is 0 Å². The number of benzene rings is 1. The molecule has 0 unspecified atom stereocenters. The highest BCUT2D eigenvalue weighted by atomic mass is 15.2. The van der Waals surface area contributed by atoms with Crippen LogP contribution < -0.4 is 10.6 Å². The van der Waals surface area contributed by atoms with E-state index in [1.54, 1.807) is 12.7 Å². The summed E-state index contributed by atoms with van der Waals surface area (Å²) >= 11 is 0. The lowest BCUT2D eigenvalue weighted by Gasteiger charge is -2.24. The summed E-state index contributed by atoms with van der Waals surface area (Å²) < 4.78 is 1.88. The minimum Gasteiger partial charge on any atom is -0.399 e. The Morgan fingerprint density at radius 3 is 2.41 bits per heavy atom. The third-order valence-corrected chi connectivity index (χ3v) is 2.80. The van der Waals surface area contributed by atoms with Gasteiger partial charge in [-0.3, -0.25) is 4.57 Å². The molecule has 0 aliphatic carbocycles. The average Bonchev–Trinajstić information content (AvgIpc) is 2.86. The van der Waals surface area contributed by atoms with Crippen LogP contribution in [0.3, 0.4) is 0 Å². The Hall–Kier alpha value is -2.04. The van der Waals surface area contributed by atoms with Crippen molar-refractivity contribution in [3.8, 4) is 5.69 Å². The Morgan fingerprint density at radius 2 is 1.82 bits per heavy atom. The second-order valence-corrected chi connectivity index (χ2v) is 3.79. The molecule has 0 saturated heterocycles. The SMILES string of the molecule is CCN(CC)c1ccc(N)cc1-n1cnnc1. The summed E-state index contributed by atoms with van der Waals surface area (Å²) in [7, 11) is 0. The summed E-state index contributed by atoms with van der Waals surface area (Å²) in [5.41, 5.74) is 8.74. The predicted octanol–water partition coefficient (Wildman–Crippen LogP) is 1.70. The molecule has 0 saturated carbocycles. The van der Waals surface area contributed by atoms with E-state index in [1.807, 2.05) is 22.8 Å². The highest BCUT2D eigenvalue weighted by Crippen LogP contribution is 2.26. The summed E-state index contributed by atoms with van der Waals surface area (Å²) in [6.45, 7) is 6.18. The van der Waals surface area contributed by atoms with Gasteiger partial charge in [-0.25, -0.2) is 0 Å². The van der Waals surface area contributed by atoms with Crippen molar-refractivity contribution >= 4 is 11.4 Å². The smallest absolute Gasteiger partial charge is 0.123 e. The van der Waals surface area contributed by atoms with Gasteiger partial charge < -0.3 is 10.6 Å². The highest BCUT2D eigenvalue weighted by molar-refractivity contribution is 5.67. The lowest BCUT2D eigenvalue weighted by molar-refractivity contribution is 0.856. The normalized spacial score (nSPS) is 10.5. The van der Waals surface area contributed by atoms with Crippen molar-refractivity contribution in [1.29, 1.82) is 0 Å². The van der Waals surface area contributed by atoms with E-state index in [1.165, 1.54) is 0 Å². The number of anilines is 2. The lowest BCUT2D eigenvalue weighted by Crippen LogP contribution is -2.23. The molecular formula is C12H17N5. The average molecular weight is 231 g/mol. The Labute approximate surface area is 101 Å². The van der Waals surface area contributed by atoms with Gasteiger partial charge in [-0.05, 0) is 32.0 Å². The van der Waals surface area contributed by atoms with Crippen molar-refractivity contribution in [3.05, 3.63) is 30.9 Å². The van der Waals surface area contributed by atoms with E-state index in [2.05, 4.69) is 28.9 Å². The zero-order chi connectivity index (χ0) is 12.3. The van der Waals surface area contributed by atoms with Gasteiger partial charge >= 0.3 is 0 Å². The predicted molar refractivity (Wildman–Crippen MR) is 69.3 cm³/mol. The first kappa shape index (κ1) is 11.4.